The van der Waals surface area contributed by atoms with Crippen LogP contribution in [0.4, 0.5) is 5.69 Å². The van der Waals surface area contributed by atoms with Gasteiger partial charge >= 0.3 is 0 Å². The predicted molar refractivity (Wildman–Crippen MR) is 132 cm³/mol. The summed E-state index contributed by atoms with van der Waals surface area (Å²) >= 11 is 0. The van der Waals surface area contributed by atoms with Crippen molar-refractivity contribution in [1.29, 1.82) is 0 Å². The molecule has 1 N–H and O–H groups in total. The molecule has 0 aromatic heterocycles. The van der Waals surface area contributed by atoms with Gasteiger partial charge in [-0.3, -0.25) is 13.9 Å². The van der Waals surface area contributed by atoms with Gasteiger partial charge in [-0.05, 0) is 58.7 Å². The second-order valence-electron chi connectivity index (χ2n) is 9.48. The summed E-state index contributed by atoms with van der Waals surface area (Å²) in [5, 5.41) is 2.91. The molecule has 1 atom stereocenters. The molecule has 0 aliphatic rings. The summed E-state index contributed by atoms with van der Waals surface area (Å²) in [7, 11) is -3.74. The van der Waals surface area contributed by atoms with E-state index in [1.807, 2.05) is 58.0 Å². The zero-order valence-electron chi connectivity index (χ0n) is 20.5. The Hall–Kier alpha value is -2.87. The van der Waals surface area contributed by atoms with Crippen molar-refractivity contribution in [1.82, 2.24) is 10.2 Å². The molecule has 0 saturated heterocycles. The molecule has 2 aromatic rings. The van der Waals surface area contributed by atoms with Gasteiger partial charge in [-0.1, -0.05) is 48.0 Å². The summed E-state index contributed by atoms with van der Waals surface area (Å²) < 4.78 is 26.3. The number of sulfonamides is 1. The monoisotopic (exact) mass is 473 g/mol. The number of rotatable bonds is 8. The first-order valence-corrected chi connectivity index (χ1v) is 12.7. The number of carbonyl (C=O) groups excluding carboxylic acids is 2. The van der Waals surface area contributed by atoms with Crippen LogP contribution in [0.1, 0.15) is 44.4 Å². The summed E-state index contributed by atoms with van der Waals surface area (Å²) in [4.78, 5) is 27.9. The molecule has 2 rings (SSSR count). The van der Waals surface area contributed by atoms with Crippen LogP contribution in [0.25, 0.3) is 0 Å². The summed E-state index contributed by atoms with van der Waals surface area (Å²) in [6.07, 6.45) is 1.08. The number of para-hydroxylation sites is 1. The fourth-order valence-corrected chi connectivity index (χ4v) is 4.41. The minimum atomic E-state index is -3.74. The minimum Gasteiger partial charge on any atom is -0.350 e. The van der Waals surface area contributed by atoms with Crippen molar-refractivity contribution >= 4 is 27.5 Å². The van der Waals surface area contributed by atoms with Crippen molar-refractivity contribution in [2.24, 2.45) is 0 Å². The van der Waals surface area contributed by atoms with E-state index in [1.54, 1.807) is 32.0 Å². The van der Waals surface area contributed by atoms with E-state index in [0.29, 0.717) is 5.69 Å². The van der Waals surface area contributed by atoms with Gasteiger partial charge in [0.05, 0.1) is 11.9 Å². The van der Waals surface area contributed by atoms with Crippen LogP contribution in [-0.2, 0) is 26.2 Å². The van der Waals surface area contributed by atoms with Crippen LogP contribution >= 0.6 is 0 Å². The molecule has 0 saturated carbocycles. The van der Waals surface area contributed by atoms with Crippen LogP contribution in [0.5, 0.6) is 0 Å². The maximum absolute atomic E-state index is 13.5. The van der Waals surface area contributed by atoms with Crippen LogP contribution < -0.4 is 9.62 Å². The third-order valence-electron chi connectivity index (χ3n) is 5.16. The van der Waals surface area contributed by atoms with E-state index in [-0.39, 0.29) is 12.5 Å². The Bertz CT molecular complexity index is 1110. The van der Waals surface area contributed by atoms with Gasteiger partial charge in [0.25, 0.3) is 0 Å². The average Bonchev–Trinajstić information content (AvgIpc) is 2.68. The van der Waals surface area contributed by atoms with Crippen LogP contribution in [0.2, 0.25) is 0 Å². The number of nitrogens with one attached hydrogen (secondary N) is 1. The van der Waals surface area contributed by atoms with Gasteiger partial charge in [0, 0.05) is 12.1 Å². The molecular weight excluding hydrogens is 438 g/mol. The number of hydrogen-bond donors (Lipinski definition) is 1. The van der Waals surface area contributed by atoms with Crippen LogP contribution in [-0.4, -0.2) is 49.5 Å². The average molecular weight is 474 g/mol. The van der Waals surface area contributed by atoms with Crippen LogP contribution in [0.15, 0.2) is 48.5 Å². The number of aryl methyl sites for hydroxylation is 2. The summed E-state index contributed by atoms with van der Waals surface area (Å²) in [5.74, 6) is -0.757. The van der Waals surface area contributed by atoms with Crippen molar-refractivity contribution in [3.8, 4) is 0 Å². The molecule has 0 radical (unpaired) electrons. The van der Waals surface area contributed by atoms with Gasteiger partial charge < -0.3 is 10.2 Å². The molecule has 1 unspecified atom stereocenters. The number of benzene rings is 2. The fraction of sp³-hybridized carbons (Fsp3) is 0.440. The van der Waals surface area contributed by atoms with Gasteiger partial charge in [0.1, 0.15) is 12.6 Å². The molecule has 7 nitrogen and oxygen atoms in total. The lowest BCUT2D eigenvalue weighted by atomic mass is 10.1. The second kappa shape index (κ2) is 10.4. The number of carbonyl (C=O) groups is 2. The van der Waals surface area contributed by atoms with Gasteiger partial charge in [0.2, 0.25) is 21.8 Å². The third-order valence-corrected chi connectivity index (χ3v) is 6.29. The Balaban J connectivity index is 2.42. The Morgan fingerprint density at radius 1 is 1.03 bits per heavy atom. The molecule has 0 aliphatic carbocycles. The lowest BCUT2D eigenvalue weighted by Crippen LogP contribution is -2.54. The first-order valence-electron chi connectivity index (χ1n) is 10.9. The Morgan fingerprint density at radius 3 is 2.21 bits per heavy atom. The standard InChI is InChI=1S/C25H35N3O4S/c1-18-11-10-13-21(15-18)16-27(20(3)24(30)26-25(4,5)6)23(29)17-28(33(7,31)32)22-14-9-8-12-19(22)2/h8-15,20H,16-17H2,1-7H3,(H,26,30). The minimum absolute atomic E-state index is 0.185. The van der Waals surface area contributed by atoms with Crippen molar-refractivity contribution in [2.45, 2.75) is 59.7 Å². The molecule has 33 heavy (non-hydrogen) atoms. The molecule has 2 amide bonds. The maximum atomic E-state index is 13.5. The summed E-state index contributed by atoms with van der Waals surface area (Å²) in [6, 6.07) is 13.9. The molecular formula is C25H35N3O4S. The molecule has 0 bridgehead atoms. The lowest BCUT2D eigenvalue weighted by Gasteiger charge is -2.33. The normalized spacial score (nSPS) is 12.7. The van der Waals surface area contributed by atoms with Crippen molar-refractivity contribution in [3.63, 3.8) is 0 Å². The van der Waals surface area contributed by atoms with Crippen molar-refractivity contribution < 1.29 is 18.0 Å². The number of amides is 2. The smallest absolute Gasteiger partial charge is 0.244 e. The Kier molecular flexibility index (Phi) is 8.30. The van der Waals surface area contributed by atoms with Gasteiger partial charge in [-0.25, -0.2) is 8.42 Å². The van der Waals surface area contributed by atoms with Crippen LogP contribution in [0, 0.1) is 13.8 Å². The zero-order valence-corrected chi connectivity index (χ0v) is 21.4. The maximum Gasteiger partial charge on any atom is 0.244 e. The Morgan fingerprint density at radius 2 is 1.67 bits per heavy atom. The molecule has 0 heterocycles. The highest BCUT2D eigenvalue weighted by atomic mass is 32.2. The number of hydrogen-bond acceptors (Lipinski definition) is 4. The van der Waals surface area contributed by atoms with Crippen molar-refractivity contribution in [2.75, 3.05) is 17.1 Å². The molecule has 2 aromatic carbocycles. The highest BCUT2D eigenvalue weighted by Crippen LogP contribution is 2.23. The number of nitrogens with zero attached hydrogens (tertiary/aromatic N) is 2. The largest absolute Gasteiger partial charge is 0.350 e. The van der Waals surface area contributed by atoms with E-state index in [2.05, 4.69) is 5.32 Å². The summed E-state index contributed by atoms with van der Waals surface area (Å²) in [6.45, 7) is 10.8. The molecule has 8 heteroatoms. The SMILES string of the molecule is Cc1cccc(CN(C(=O)CN(c2ccccc2C)S(C)(=O)=O)C(C)C(=O)NC(C)(C)C)c1. The van der Waals surface area contributed by atoms with Gasteiger partial charge in [0.15, 0.2) is 0 Å². The van der Waals surface area contributed by atoms with E-state index >= 15 is 0 Å². The second-order valence-corrected chi connectivity index (χ2v) is 11.4. The highest BCUT2D eigenvalue weighted by molar-refractivity contribution is 7.92. The predicted octanol–water partition coefficient (Wildman–Crippen LogP) is 3.40. The van der Waals surface area contributed by atoms with E-state index in [0.717, 1.165) is 27.3 Å². The van der Waals surface area contributed by atoms with Gasteiger partial charge in [-0.2, -0.15) is 0 Å². The first-order chi connectivity index (χ1) is 15.2. The number of anilines is 1. The molecule has 0 aliphatic heterocycles. The quantitative estimate of drug-likeness (QED) is 0.637. The van der Waals surface area contributed by atoms with Gasteiger partial charge in [-0.15, -0.1) is 0 Å². The fourth-order valence-electron chi connectivity index (χ4n) is 3.50. The first kappa shape index (κ1) is 26.4. The molecule has 180 valence electrons. The van der Waals surface area contributed by atoms with E-state index in [9.17, 15) is 18.0 Å². The van der Waals surface area contributed by atoms with Crippen LogP contribution in [0.3, 0.4) is 0 Å². The summed E-state index contributed by atoms with van der Waals surface area (Å²) in [5.41, 5.74) is 2.60. The van der Waals surface area contributed by atoms with E-state index < -0.39 is 34.1 Å². The van der Waals surface area contributed by atoms with E-state index in [4.69, 9.17) is 0 Å². The van der Waals surface area contributed by atoms with Crippen molar-refractivity contribution in [3.05, 3.63) is 65.2 Å². The topological polar surface area (TPSA) is 86.8 Å². The highest BCUT2D eigenvalue weighted by Gasteiger charge is 2.31. The molecule has 0 fully saturated rings. The third kappa shape index (κ3) is 7.60. The Labute approximate surface area is 197 Å². The van der Waals surface area contributed by atoms with E-state index in [1.165, 1.54) is 4.90 Å². The molecule has 0 spiro atoms. The lowest BCUT2D eigenvalue weighted by molar-refractivity contribution is -0.140. The zero-order chi connectivity index (χ0) is 25.0.